The zero-order chi connectivity index (χ0) is 14.9. The van der Waals surface area contributed by atoms with E-state index in [0.717, 1.165) is 51.1 Å². The largest absolute Gasteiger partial charge is 0.390 e. The molecule has 1 saturated carbocycles. The summed E-state index contributed by atoms with van der Waals surface area (Å²) < 4.78 is 5.36. The molecule has 2 aliphatic rings. The number of aromatic nitrogens is 2. The summed E-state index contributed by atoms with van der Waals surface area (Å²) in [6.07, 6.45) is 6.30. The van der Waals surface area contributed by atoms with E-state index in [-0.39, 0.29) is 0 Å². The molecule has 118 valence electrons. The lowest BCUT2D eigenvalue weighted by Gasteiger charge is -2.47. The van der Waals surface area contributed by atoms with Gasteiger partial charge in [-0.25, -0.2) is 0 Å². The SMILES string of the molecule is CC(C)Cc1noc(CN2CCC3(O)CCCCC3C2)n1. The van der Waals surface area contributed by atoms with Gasteiger partial charge in [-0.15, -0.1) is 0 Å². The Morgan fingerprint density at radius 3 is 3.05 bits per heavy atom. The minimum Gasteiger partial charge on any atom is -0.390 e. The second kappa shape index (κ2) is 6.05. The fourth-order valence-corrected chi connectivity index (χ4v) is 3.78. The Labute approximate surface area is 126 Å². The van der Waals surface area contributed by atoms with Gasteiger partial charge >= 0.3 is 0 Å². The maximum Gasteiger partial charge on any atom is 0.240 e. The van der Waals surface area contributed by atoms with E-state index >= 15 is 0 Å². The van der Waals surface area contributed by atoms with E-state index in [1.807, 2.05) is 0 Å². The predicted octanol–water partition coefficient (Wildman–Crippen LogP) is 2.40. The first-order valence-corrected chi connectivity index (χ1v) is 8.31. The van der Waals surface area contributed by atoms with Crippen LogP contribution in [-0.4, -0.2) is 38.8 Å². The van der Waals surface area contributed by atoms with Crippen LogP contribution in [0.25, 0.3) is 0 Å². The third-order valence-electron chi connectivity index (χ3n) is 4.97. The third kappa shape index (κ3) is 3.46. The molecule has 0 aromatic carbocycles. The van der Waals surface area contributed by atoms with Crippen molar-refractivity contribution in [1.29, 1.82) is 0 Å². The van der Waals surface area contributed by atoms with E-state index in [1.54, 1.807) is 0 Å². The first-order chi connectivity index (χ1) is 10.0. The van der Waals surface area contributed by atoms with Crippen molar-refractivity contribution in [3.63, 3.8) is 0 Å². The highest BCUT2D eigenvalue weighted by Crippen LogP contribution is 2.39. The number of rotatable bonds is 4. The fraction of sp³-hybridized carbons (Fsp3) is 0.875. The highest BCUT2D eigenvalue weighted by atomic mass is 16.5. The maximum atomic E-state index is 10.7. The summed E-state index contributed by atoms with van der Waals surface area (Å²) in [7, 11) is 0. The zero-order valence-electron chi connectivity index (χ0n) is 13.2. The summed E-state index contributed by atoms with van der Waals surface area (Å²) in [5.74, 6) is 2.49. The number of hydrogen-bond acceptors (Lipinski definition) is 5. The van der Waals surface area contributed by atoms with Gasteiger partial charge in [-0.2, -0.15) is 4.98 Å². The number of hydrogen-bond donors (Lipinski definition) is 1. The van der Waals surface area contributed by atoms with Crippen molar-refractivity contribution < 1.29 is 9.63 Å². The van der Waals surface area contributed by atoms with Gasteiger partial charge in [0.2, 0.25) is 5.89 Å². The Kier molecular flexibility index (Phi) is 4.31. The van der Waals surface area contributed by atoms with Crippen molar-refractivity contribution in [3.8, 4) is 0 Å². The van der Waals surface area contributed by atoms with Gasteiger partial charge in [0.1, 0.15) is 0 Å². The van der Waals surface area contributed by atoms with Crippen molar-refractivity contribution >= 4 is 0 Å². The molecule has 5 heteroatoms. The highest BCUT2D eigenvalue weighted by Gasteiger charge is 2.42. The molecule has 3 rings (SSSR count). The lowest BCUT2D eigenvalue weighted by Crippen LogP contribution is -2.52. The summed E-state index contributed by atoms with van der Waals surface area (Å²) in [6, 6.07) is 0. The van der Waals surface area contributed by atoms with Gasteiger partial charge in [0.25, 0.3) is 0 Å². The molecule has 0 amide bonds. The van der Waals surface area contributed by atoms with Crippen LogP contribution >= 0.6 is 0 Å². The molecular weight excluding hydrogens is 266 g/mol. The van der Waals surface area contributed by atoms with Crippen LogP contribution in [-0.2, 0) is 13.0 Å². The average Bonchev–Trinajstić information content (AvgIpc) is 2.85. The Balaban J connectivity index is 1.57. The van der Waals surface area contributed by atoms with E-state index in [9.17, 15) is 5.11 Å². The summed E-state index contributed by atoms with van der Waals surface area (Å²) in [5.41, 5.74) is -0.410. The second-order valence-electron chi connectivity index (χ2n) is 7.23. The van der Waals surface area contributed by atoms with Crippen LogP contribution < -0.4 is 0 Å². The Morgan fingerprint density at radius 1 is 1.38 bits per heavy atom. The number of fused-ring (bicyclic) bond motifs is 1. The number of piperidine rings is 1. The third-order valence-corrected chi connectivity index (χ3v) is 4.97. The van der Waals surface area contributed by atoms with E-state index in [0.29, 0.717) is 17.7 Å². The minimum atomic E-state index is -0.410. The molecule has 1 aromatic rings. The number of likely N-dealkylation sites (tertiary alicyclic amines) is 1. The van der Waals surface area contributed by atoms with E-state index in [2.05, 4.69) is 28.9 Å². The van der Waals surface area contributed by atoms with Gasteiger partial charge in [0, 0.05) is 25.4 Å². The Bertz CT molecular complexity index is 474. The topological polar surface area (TPSA) is 62.4 Å². The lowest BCUT2D eigenvalue weighted by molar-refractivity contribution is -0.0979. The second-order valence-corrected chi connectivity index (χ2v) is 7.23. The van der Waals surface area contributed by atoms with Crippen LogP contribution in [0.4, 0.5) is 0 Å². The normalized spacial score (nSPS) is 30.6. The summed E-state index contributed by atoms with van der Waals surface area (Å²) in [4.78, 5) is 6.84. The van der Waals surface area contributed by atoms with Crippen LogP contribution in [0.15, 0.2) is 4.52 Å². The number of nitrogens with zero attached hydrogens (tertiary/aromatic N) is 3. The monoisotopic (exact) mass is 293 g/mol. The molecule has 1 aromatic heterocycles. The molecule has 21 heavy (non-hydrogen) atoms. The smallest absolute Gasteiger partial charge is 0.240 e. The van der Waals surface area contributed by atoms with Crippen molar-refractivity contribution in [1.82, 2.24) is 15.0 Å². The molecule has 5 nitrogen and oxygen atoms in total. The molecule has 2 atom stereocenters. The highest BCUT2D eigenvalue weighted by molar-refractivity contribution is 4.97. The molecule has 1 saturated heterocycles. The molecule has 2 fully saturated rings. The quantitative estimate of drug-likeness (QED) is 0.923. The van der Waals surface area contributed by atoms with Crippen LogP contribution in [0.5, 0.6) is 0 Å². The molecule has 0 radical (unpaired) electrons. The molecule has 2 heterocycles. The predicted molar refractivity (Wildman–Crippen MR) is 79.6 cm³/mol. The maximum absolute atomic E-state index is 10.7. The summed E-state index contributed by atoms with van der Waals surface area (Å²) in [6.45, 7) is 6.92. The first kappa shape index (κ1) is 15.0. The molecule has 1 N–H and O–H groups in total. The average molecular weight is 293 g/mol. The Morgan fingerprint density at radius 2 is 2.24 bits per heavy atom. The van der Waals surface area contributed by atoms with Crippen molar-refractivity contribution in [3.05, 3.63) is 11.7 Å². The summed E-state index contributed by atoms with van der Waals surface area (Å²) in [5, 5.41) is 14.8. The van der Waals surface area contributed by atoms with Crippen molar-refractivity contribution in [2.45, 2.75) is 64.5 Å². The van der Waals surface area contributed by atoms with E-state index < -0.39 is 5.60 Å². The van der Waals surface area contributed by atoms with Gasteiger partial charge < -0.3 is 9.63 Å². The van der Waals surface area contributed by atoms with Gasteiger partial charge in [-0.1, -0.05) is 31.8 Å². The fourth-order valence-electron chi connectivity index (χ4n) is 3.78. The Hall–Kier alpha value is -0.940. The van der Waals surface area contributed by atoms with Gasteiger partial charge in [-0.05, 0) is 25.2 Å². The molecule has 1 aliphatic carbocycles. The van der Waals surface area contributed by atoms with E-state index in [1.165, 1.54) is 12.8 Å². The minimum absolute atomic E-state index is 0.410. The van der Waals surface area contributed by atoms with Gasteiger partial charge in [-0.3, -0.25) is 4.90 Å². The number of aliphatic hydroxyl groups is 1. The van der Waals surface area contributed by atoms with Gasteiger partial charge in [0.05, 0.1) is 12.1 Å². The van der Waals surface area contributed by atoms with Crippen LogP contribution in [0.2, 0.25) is 0 Å². The standard InChI is InChI=1S/C16H27N3O2/c1-12(2)9-14-17-15(21-18-14)11-19-8-7-16(20)6-4-3-5-13(16)10-19/h12-13,20H,3-11H2,1-2H3. The van der Waals surface area contributed by atoms with Crippen molar-refractivity contribution in [2.75, 3.05) is 13.1 Å². The molecular formula is C16H27N3O2. The summed E-state index contributed by atoms with van der Waals surface area (Å²) >= 11 is 0. The zero-order valence-corrected chi connectivity index (χ0v) is 13.2. The van der Waals surface area contributed by atoms with Gasteiger partial charge in [0.15, 0.2) is 5.82 Å². The van der Waals surface area contributed by atoms with E-state index in [4.69, 9.17) is 4.52 Å². The van der Waals surface area contributed by atoms with Crippen LogP contribution in [0, 0.1) is 11.8 Å². The van der Waals surface area contributed by atoms with Crippen LogP contribution in [0.3, 0.4) is 0 Å². The van der Waals surface area contributed by atoms with Crippen LogP contribution in [0.1, 0.15) is 57.7 Å². The molecule has 1 aliphatic heterocycles. The first-order valence-electron chi connectivity index (χ1n) is 8.31. The molecule has 2 unspecified atom stereocenters. The lowest BCUT2D eigenvalue weighted by atomic mass is 9.71. The van der Waals surface area contributed by atoms with Crippen molar-refractivity contribution in [2.24, 2.45) is 11.8 Å². The molecule has 0 spiro atoms. The molecule has 0 bridgehead atoms.